The average molecular weight is 325 g/mol. The fourth-order valence-electron chi connectivity index (χ4n) is 3.14. The van der Waals surface area contributed by atoms with E-state index in [4.69, 9.17) is 9.15 Å². The zero-order valence-electron chi connectivity index (χ0n) is 14.0. The van der Waals surface area contributed by atoms with Crippen molar-refractivity contribution in [1.82, 2.24) is 4.90 Å². The Balaban J connectivity index is 1.68. The van der Waals surface area contributed by atoms with Gasteiger partial charge in [0, 0.05) is 25.1 Å². The first-order valence-electron chi connectivity index (χ1n) is 8.40. The van der Waals surface area contributed by atoms with Crippen molar-refractivity contribution in [3.63, 3.8) is 0 Å². The van der Waals surface area contributed by atoms with Crippen LogP contribution in [-0.2, 0) is 4.79 Å². The van der Waals surface area contributed by atoms with E-state index in [1.807, 2.05) is 29.2 Å². The van der Waals surface area contributed by atoms with Gasteiger partial charge in [-0.15, -0.1) is 0 Å². The van der Waals surface area contributed by atoms with Crippen LogP contribution in [0.4, 0.5) is 0 Å². The van der Waals surface area contributed by atoms with Crippen molar-refractivity contribution in [3.05, 3.63) is 60.1 Å². The van der Waals surface area contributed by atoms with Crippen LogP contribution >= 0.6 is 0 Å². The molecule has 0 bridgehead atoms. The van der Waals surface area contributed by atoms with Crippen LogP contribution in [0.3, 0.4) is 0 Å². The molecule has 1 fully saturated rings. The molecule has 0 aliphatic carbocycles. The number of ether oxygens (including phenoxy) is 1. The number of furan rings is 1. The highest BCUT2D eigenvalue weighted by atomic mass is 16.5. The van der Waals surface area contributed by atoms with Gasteiger partial charge >= 0.3 is 0 Å². The van der Waals surface area contributed by atoms with Crippen molar-refractivity contribution in [2.24, 2.45) is 0 Å². The molecule has 0 saturated carbocycles. The molecule has 0 radical (unpaired) electrons. The summed E-state index contributed by atoms with van der Waals surface area (Å²) in [5.74, 6) is 1.98. The molecule has 1 atom stereocenters. The van der Waals surface area contributed by atoms with Gasteiger partial charge in [0.25, 0.3) is 0 Å². The number of carbonyl (C=O) groups is 1. The smallest absolute Gasteiger partial charge is 0.246 e. The van der Waals surface area contributed by atoms with E-state index >= 15 is 0 Å². The molecule has 24 heavy (non-hydrogen) atoms. The van der Waals surface area contributed by atoms with E-state index in [0.717, 1.165) is 38.1 Å². The van der Waals surface area contributed by atoms with Gasteiger partial charge < -0.3 is 14.1 Å². The lowest BCUT2D eigenvalue weighted by Crippen LogP contribution is -2.32. The minimum Gasteiger partial charge on any atom is -0.497 e. The zero-order chi connectivity index (χ0) is 16.8. The fourth-order valence-corrected chi connectivity index (χ4v) is 3.14. The lowest BCUT2D eigenvalue weighted by atomic mass is 9.94. The summed E-state index contributed by atoms with van der Waals surface area (Å²) in [6.07, 6.45) is 8.24. The second kappa shape index (κ2) is 7.86. The molecule has 126 valence electrons. The van der Waals surface area contributed by atoms with E-state index in [9.17, 15) is 4.79 Å². The van der Waals surface area contributed by atoms with Crippen LogP contribution in [-0.4, -0.2) is 31.0 Å². The molecule has 1 aromatic heterocycles. The molecule has 0 unspecified atom stereocenters. The maximum atomic E-state index is 12.5. The summed E-state index contributed by atoms with van der Waals surface area (Å²) in [6, 6.07) is 11.8. The summed E-state index contributed by atoms with van der Waals surface area (Å²) in [5, 5.41) is 0. The van der Waals surface area contributed by atoms with E-state index in [1.54, 1.807) is 25.5 Å². The second-order valence-electron chi connectivity index (χ2n) is 6.10. The lowest BCUT2D eigenvalue weighted by Gasteiger charge is -2.23. The molecule has 1 aliphatic rings. The van der Waals surface area contributed by atoms with Crippen molar-refractivity contribution >= 4 is 12.0 Å². The highest BCUT2D eigenvalue weighted by Crippen LogP contribution is 2.28. The predicted molar refractivity (Wildman–Crippen MR) is 93.9 cm³/mol. The molecule has 4 nitrogen and oxygen atoms in total. The number of hydrogen-bond donors (Lipinski definition) is 0. The monoisotopic (exact) mass is 325 g/mol. The molecule has 3 rings (SSSR count). The van der Waals surface area contributed by atoms with Crippen LogP contribution < -0.4 is 4.74 Å². The Bertz CT molecular complexity index is 673. The maximum Gasteiger partial charge on any atom is 0.246 e. The van der Waals surface area contributed by atoms with Gasteiger partial charge in [-0.25, -0.2) is 0 Å². The number of carbonyl (C=O) groups excluding carboxylic acids is 1. The van der Waals surface area contributed by atoms with Crippen LogP contribution in [0.2, 0.25) is 0 Å². The Kier molecular flexibility index (Phi) is 5.36. The van der Waals surface area contributed by atoms with Crippen LogP contribution in [0.15, 0.2) is 53.2 Å². The van der Waals surface area contributed by atoms with Gasteiger partial charge in [-0.05, 0) is 48.7 Å². The number of amides is 1. The molecule has 1 aromatic carbocycles. The van der Waals surface area contributed by atoms with Crippen molar-refractivity contribution in [2.45, 2.75) is 25.2 Å². The summed E-state index contributed by atoms with van der Waals surface area (Å²) in [6.45, 7) is 1.57. The van der Waals surface area contributed by atoms with Crippen LogP contribution in [0.5, 0.6) is 5.75 Å². The topological polar surface area (TPSA) is 42.7 Å². The fraction of sp³-hybridized carbons (Fsp3) is 0.350. The summed E-state index contributed by atoms with van der Waals surface area (Å²) in [7, 11) is 1.67. The third-order valence-corrected chi connectivity index (χ3v) is 4.50. The number of nitrogens with zero attached hydrogens (tertiary/aromatic N) is 1. The number of benzene rings is 1. The van der Waals surface area contributed by atoms with Crippen molar-refractivity contribution in [2.75, 3.05) is 20.2 Å². The molecule has 4 heteroatoms. The van der Waals surface area contributed by atoms with E-state index in [1.165, 1.54) is 5.56 Å². The summed E-state index contributed by atoms with van der Waals surface area (Å²) in [4.78, 5) is 14.4. The first-order chi connectivity index (χ1) is 11.8. The van der Waals surface area contributed by atoms with Crippen molar-refractivity contribution in [1.29, 1.82) is 0 Å². The van der Waals surface area contributed by atoms with Crippen molar-refractivity contribution < 1.29 is 13.9 Å². The highest BCUT2D eigenvalue weighted by molar-refractivity contribution is 5.91. The Morgan fingerprint density at radius 3 is 2.79 bits per heavy atom. The minimum atomic E-state index is 0.0480. The Morgan fingerprint density at radius 1 is 1.25 bits per heavy atom. The number of rotatable bonds is 4. The molecule has 0 spiro atoms. The molecule has 1 aliphatic heterocycles. The van der Waals surface area contributed by atoms with Gasteiger partial charge in [0.05, 0.1) is 13.4 Å². The van der Waals surface area contributed by atoms with E-state index in [2.05, 4.69) is 12.1 Å². The Labute approximate surface area is 142 Å². The van der Waals surface area contributed by atoms with Crippen LogP contribution in [0, 0.1) is 0 Å². The molecule has 1 saturated heterocycles. The first kappa shape index (κ1) is 16.4. The van der Waals surface area contributed by atoms with Gasteiger partial charge in [0.2, 0.25) is 5.91 Å². The molecular weight excluding hydrogens is 302 g/mol. The number of methoxy groups -OCH3 is 1. The van der Waals surface area contributed by atoms with E-state index < -0.39 is 0 Å². The van der Waals surface area contributed by atoms with Gasteiger partial charge in [-0.1, -0.05) is 18.6 Å². The third-order valence-electron chi connectivity index (χ3n) is 4.50. The molecular formula is C20H23NO3. The maximum absolute atomic E-state index is 12.5. The summed E-state index contributed by atoms with van der Waals surface area (Å²) >= 11 is 0. The lowest BCUT2D eigenvalue weighted by molar-refractivity contribution is -0.126. The predicted octanol–water partition coefficient (Wildman–Crippen LogP) is 4.10. The highest BCUT2D eigenvalue weighted by Gasteiger charge is 2.22. The van der Waals surface area contributed by atoms with Gasteiger partial charge in [-0.2, -0.15) is 0 Å². The average Bonchev–Trinajstić information content (AvgIpc) is 3.02. The summed E-state index contributed by atoms with van der Waals surface area (Å²) in [5.41, 5.74) is 1.27. The minimum absolute atomic E-state index is 0.0480. The number of hydrogen-bond acceptors (Lipinski definition) is 3. The third kappa shape index (κ3) is 4.07. The second-order valence-corrected chi connectivity index (χ2v) is 6.10. The standard InChI is InChI=1S/C20H23NO3/c1-23-18-9-7-16(8-10-18)17-5-2-3-13-21(15-17)20(22)12-11-19-6-4-14-24-19/h4,6-12,14,17H,2-3,5,13,15H2,1H3/b12-11+/t17-/m0/s1. The Morgan fingerprint density at radius 2 is 2.08 bits per heavy atom. The van der Waals surface area contributed by atoms with Gasteiger partial charge in [-0.3, -0.25) is 4.79 Å². The van der Waals surface area contributed by atoms with Crippen molar-refractivity contribution in [3.8, 4) is 5.75 Å². The molecule has 2 aromatic rings. The Hall–Kier alpha value is -2.49. The summed E-state index contributed by atoms with van der Waals surface area (Å²) < 4.78 is 10.5. The largest absolute Gasteiger partial charge is 0.497 e. The van der Waals surface area contributed by atoms with E-state index in [-0.39, 0.29) is 5.91 Å². The van der Waals surface area contributed by atoms with E-state index in [0.29, 0.717) is 11.7 Å². The SMILES string of the molecule is COc1ccc([C@H]2CCCCN(C(=O)/C=C/c3ccco3)C2)cc1. The zero-order valence-corrected chi connectivity index (χ0v) is 14.0. The first-order valence-corrected chi connectivity index (χ1v) is 8.40. The van der Waals surface area contributed by atoms with Gasteiger partial charge in [0.1, 0.15) is 11.5 Å². The molecule has 2 heterocycles. The van der Waals surface area contributed by atoms with Crippen LogP contribution in [0.25, 0.3) is 6.08 Å². The number of likely N-dealkylation sites (tertiary alicyclic amines) is 1. The molecule has 1 amide bonds. The van der Waals surface area contributed by atoms with Gasteiger partial charge in [0.15, 0.2) is 0 Å². The van der Waals surface area contributed by atoms with Crippen LogP contribution in [0.1, 0.15) is 36.5 Å². The molecule has 0 N–H and O–H groups in total. The normalized spacial score (nSPS) is 18.5. The quantitative estimate of drug-likeness (QED) is 0.795.